The van der Waals surface area contributed by atoms with Crippen molar-refractivity contribution in [2.45, 2.75) is 51.0 Å². The quantitative estimate of drug-likeness (QED) is 0.739. The van der Waals surface area contributed by atoms with Crippen molar-refractivity contribution < 1.29 is 14.4 Å². The van der Waals surface area contributed by atoms with Gasteiger partial charge in [0.05, 0.1) is 12.7 Å². The van der Waals surface area contributed by atoms with E-state index in [1.54, 1.807) is 0 Å². The van der Waals surface area contributed by atoms with Crippen LogP contribution in [0.2, 0.25) is 0 Å². The second-order valence-electron chi connectivity index (χ2n) is 4.56. The lowest BCUT2D eigenvalue weighted by molar-refractivity contribution is -0.197. The van der Waals surface area contributed by atoms with Crippen LogP contribution in [0.4, 0.5) is 0 Å². The van der Waals surface area contributed by atoms with Crippen LogP contribution in [0.1, 0.15) is 44.9 Å². The summed E-state index contributed by atoms with van der Waals surface area (Å²) in [5.41, 5.74) is 0. The van der Waals surface area contributed by atoms with Crippen molar-refractivity contribution in [1.82, 2.24) is 5.06 Å². The minimum Gasteiger partial charge on any atom is -0.378 e. The Morgan fingerprint density at radius 2 is 2.06 bits per heavy atom. The van der Waals surface area contributed by atoms with Gasteiger partial charge in [-0.15, -0.1) is 0 Å². The molecule has 0 aliphatic carbocycles. The van der Waals surface area contributed by atoms with Crippen LogP contribution < -0.4 is 0 Å². The maximum atomic E-state index is 11.8. The van der Waals surface area contributed by atoms with Crippen LogP contribution in [-0.2, 0) is 14.4 Å². The van der Waals surface area contributed by atoms with Crippen LogP contribution in [0, 0.1) is 0 Å². The number of rotatable bonds is 3. The molecule has 0 aromatic carbocycles. The van der Waals surface area contributed by atoms with Crippen molar-refractivity contribution in [3.63, 3.8) is 0 Å². The molecular formula is C12H21NO3. The van der Waals surface area contributed by atoms with Crippen molar-refractivity contribution in [2.75, 3.05) is 19.8 Å². The Labute approximate surface area is 96.8 Å². The summed E-state index contributed by atoms with van der Waals surface area (Å²) in [6, 6.07) is 0. The monoisotopic (exact) mass is 227 g/mol. The molecule has 0 spiro atoms. The van der Waals surface area contributed by atoms with Gasteiger partial charge in [0.15, 0.2) is 0 Å². The van der Waals surface area contributed by atoms with Gasteiger partial charge in [0.1, 0.15) is 0 Å². The van der Waals surface area contributed by atoms with Crippen LogP contribution in [0.5, 0.6) is 0 Å². The number of carbonyl (C=O) groups is 1. The molecule has 2 saturated heterocycles. The third kappa shape index (κ3) is 3.46. The van der Waals surface area contributed by atoms with Crippen molar-refractivity contribution in [3.05, 3.63) is 0 Å². The molecule has 2 rings (SSSR count). The van der Waals surface area contributed by atoms with E-state index in [0.29, 0.717) is 19.1 Å². The predicted molar refractivity (Wildman–Crippen MR) is 59.7 cm³/mol. The van der Waals surface area contributed by atoms with Gasteiger partial charge < -0.3 is 4.74 Å². The molecular weight excluding hydrogens is 206 g/mol. The number of ether oxygens (including phenoxy) is 1. The maximum Gasteiger partial charge on any atom is 0.246 e. The van der Waals surface area contributed by atoms with Gasteiger partial charge in [0.2, 0.25) is 5.91 Å². The summed E-state index contributed by atoms with van der Waals surface area (Å²) in [7, 11) is 0. The lowest BCUT2D eigenvalue weighted by Crippen LogP contribution is -2.36. The Morgan fingerprint density at radius 1 is 1.19 bits per heavy atom. The summed E-state index contributed by atoms with van der Waals surface area (Å²) in [6.45, 7) is 2.30. The van der Waals surface area contributed by atoms with Gasteiger partial charge >= 0.3 is 0 Å². The zero-order valence-corrected chi connectivity index (χ0v) is 9.82. The van der Waals surface area contributed by atoms with Crippen molar-refractivity contribution in [2.24, 2.45) is 0 Å². The first-order chi connectivity index (χ1) is 7.86. The van der Waals surface area contributed by atoms with Gasteiger partial charge in [0, 0.05) is 19.6 Å². The molecule has 0 aromatic heterocycles. The second kappa shape index (κ2) is 6.21. The minimum atomic E-state index is 0.119. The highest BCUT2D eigenvalue weighted by atomic mass is 16.7. The first kappa shape index (κ1) is 11.9. The van der Waals surface area contributed by atoms with Gasteiger partial charge in [0.25, 0.3) is 0 Å². The Bertz CT molecular complexity index is 220. The molecule has 2 fully saturated rings. The van der Waals surface area contributed by atoms with Gasteiger partial charge in [-0.25, -0.2) is 5.06 Å². The summed E-state index contributed by atoms with van der Waals surface area (Å²) in [4.78, 5) is 17.1. The molecule has 4 nitrogen and oxygen atoms in total. The van der Waals surface area contributed by atoms with Crippen LogP contribution in [0.25, 0.3) is 0 Å². The van der Waals surface area contributed by atoms with E-state index in [-0.39, 0.29) is 5.91 Å². The lowest BCUT2D eigenvalue weighted by atomic mass is 10.0. The van der Waals surface area contributed by atoms with E-state index in [9.17, 15) is 4.79 Å². The Morgan fingerprint density at radius 3 is 2.75 bits per heavy atom. The number of carbonyl (C=O) groups excluding carboxylic acids is 1. The van der Waals surface area contributed by atoms with Crippen LogP contribution >= 0.6 is 0 Å². The van der Waals surface area contributed by atoms with Crippen LogP contribution in [0.15, 0.2) is 0 Å². The zero-order valence-electron chi connectivity index (χ0n) is 9.82. The molecule has 0 N–H and O–H groups in total. The average Bonchev–Trinajstić information content (AvgIpc) is 2.38. The lowest BCUT2D eigenvalue weighted by Gasteiger charge is -2.27. The fourth-order valence-electron chi connectivity index (χ4n) is 2.24. The Kier molecular flexibility index (Phi) is 4.60. The maximum absolute atomic E-state index is 11.8. The molecule has 1 atom stereocenters. The van der Waals surface area contributed by atoms with E-state index in [0.717, 1.165) is 38.8 Å². The summed E-state index contributed by atoms with van der Waals surface area (Å²) in [5, 5.41) is 1.53. The zero-order chi connectivity index (χ0) is 11.2. The van der Waals surface area contributed by atoms with Gasteiger partial charge in [-0.3, -0.25) is 9.63 Å². The number of hydrogen-bond acceptors (Lipinski definition) is 3. The molecule has 16 heavy (non-hydrogen) atoms. The SMILES string of the molecule is O=C(CCC1CCCCO1)N1CCCCO1. The summed E-state index contributed by atoms with van der Waals surface area (Å²) < 4.78 is 5.60. The summed E-state index contributed by atoms with van der Waals surface area (Å²) >= 11 is 0. The van der Waals surface area contributed by atoms with Crippen molar-refractivity contribution in [1.29, 1.82) is 0 Å². The summed E-state index contributed by atoms with van der Waals surface area (Å²) in [6.07, 6.45) is 7.33. The molecule has 2 aliphatic rings. The van der Waals surface area contributed by atoms with Crippen molar-refractivity contribution in [3.8, 4) is 0 Å². The van der Waals surface area contributed by atoms with Gasteiger partial charge in [-0.2, -0.15) is 0 Å². The molecule has 0 aromatic rings. The van der Waals surface area contributed by atoms with E-state index < -0.39 is 0 Å². The number of amides is 1. The number of nitrogens with zero attached hydrogens (tertiary/aromatic N) is 1. The number of hydrogen-bond donors (Lipinski definition) is 0. The number of hydroxylamine groups is 2. The largest absolute Gasteiger partial charge is 0.378 e. The first-order valence-electron chi connectivity index (χ1n) is 6.41. The van der Waals surface area contributed by atoms with Gasteiger partial charge in [-0.1, -0.05) is 0 Å². The summed E-state index contributed by atoms with van der Waals surface area (Å²) in [5.74, 6) is 0.119. The first-order valence-corrected chi connectivity index (χ1v) is 6.41. The highest BCUT2D eigenvalue weighted by molar-refractivity contribution is 5.75. The fraction of sp³-hybridized carbons (Fsp3) is 0.917. The van der Waals surface area contributed by atoms with Gasteiger partial charge in [-0.05, 0) is 38.5 Å². The molecule has 2 aliphatic heterocycles. The highest BCUT2D eigenvalue weighted by Crippen LogP contribution is 2.18. The molecule has 1 amide bonds. The molecule has 0 bridgehead atoms. The topological polar surface area (TPSA) is 38.8 Å². The third-order valence-corrected chi connectivity index (χ3v) is 3.24. The predicted octanol–water partition coefficient (Wildman–Crippen LogP) is 1.89. The molecule has 92 valence electrons. The highest BCUT2D eigenvalue weighted by Gasteiger charge is 2.20. The van der Waals surface area contributed by atoms with E-state index >= 15 is 0 Å². The average molecular weight is 227 g/mol. The minimum absolute atomic E-state index is 0.119. The second-order valence-corrected chi connectivity index (χ2v) is 4.56. The molecule has 0 saturated carbocycles. The Balaban J connectivity index is 1.65. The molecule has 4 heteroatoms. The molecule has 0 radical (unpaired) electrons. The fourth-order valence-corrected chi connectivity index (χ4v) is 2.24. The van der Waals surface area contributed by atoms with E-state index in [1.165, 1.54) is 17.9 Å². The standard InChI is InChI=1S/C12H21NO3/c14-12(13-8-2-4-10-16-13)7-6-11-5-1-3-9-15-11/h11H,1-10H2. The molecule has 2 heterocycles. The molecule has 1 unspecified atom stereocenters. The van der Waals surface area contributed by atoms with Crippen LogP contribution in [-0.4, -0.2) is 36.8 Å². The van der Waals surface area contributed by atoms with Crippen molar-refractivity contribution >= 4 is 5.91 Å². The van der Waals surface area contributed by atoms with E-state index in [2.05, 4.69) is 0 Å². The Hall–Kier alpha value is -0.610. The van der Waals surface area contributed by atoms with E-state index in [4.69, 9.17) is 9.57 Å². The van der Waals surface area contributed by atoms with Crippen LogP contribution in [0.3, 0.4) is 0 Å². The normalized spacial score (nSPS) is 26.8. The third-order valence-electron chi connectivity index (χ3n) is 3.24. The van der Waals surface area contributed by atoms with E-state index in [1.807, 2.05) is 0 Å². The smallest absolute Gasteiger partial charge is 0.246 e.